The van der Waals surface area contributed by atoms with Gasteiger partial charge in [-0.05, 0) is 31.0 Å². The topological polar surface area (TPSA) is 36.4 Å². The molecule has 124 valence electrons. The van der Waals surface area contributed by atoms with Crippen molar-refractivity contribution >= 4 is 5.91 Å². The van der Waals surface area contributed by atoms with Gasteiger partial charge in [0, 0.05) is 37.8 Å². The number of fused-ring (bicyclic) bond motifs is 1. The Morgan fingerprint density at radius 2 is 1.92 bits per heavy atom. The SMILES string of the molecule is C[C@H](c1ccccc1)N1C(=O)C[C@H]2[C@@H]1CCN2Cc1ccccn1. The Kier molecular flexibility index (Phi) is 4.07. The summed E-state index contributed by atoms with van der Waals surface area (Å²) in [6.07, 6.45) is 3.53. The Hall–Kier alpha value is -2.20. The normalized spacial score (nSPS) is 25.0. The molecule has 0 radical (unpaired) electrons. The first-order chi connectivity index (χ1) is 11.7. The highest BCUT2D eigenvalue weighted by atomic mass is 16.2. The van der Waals surface area contributed by atoms with Crippen molar-refractivity contribution in [2.24, 2.45) is 0 Å². The Morgan fingerprint density at radius 3 is 2.67 bits per heavy atom. The summed E-state index contributed by atoms with van der Waals surface area (Å²) in [4.78, 5) is 21.7. The largest absolute Gasteiger partial charge is 0.331 e. The van der Waals surface area contributed by atoms with Crippen LogP contribution in [0.1, 0.15) is 37.1 Å². The number of likely N-dealkylation sites (tertiary alicyclic amines) is 2. The third-order valence-corrected chi connectivity index (χ3v) is 5.44. The van der Waals surface area contributed by atoms with E-state index in [1.165, 1.54) is 5.56 Å². The van der Waals surface area contributed by atoms with Gasteiger partial charge in [0.25, 0.3) is 0 Å². The summed E-state index contributed by atoms with van der Waals surface area (Å²) in [6.45, 7) is 4.02. The summed E-state index contributed by atoms with van der Waals surface area (Å²) in [5.41, 5.74) is 2.30. The lowest BCUT2D eigenvalue weighted by Crippen LogP contribution is -2.38. The number of amides is 1. The lowest BCUT2D eigenvalue weighted by molar-refractivity contribution is -0.131. The van der Waals surface area contributed by atoms with Crippen molar-refractivity contribution in [1.29, 1.82) is 0 Å². The van der Waals surface area contributed by atoms with Crippen molar-refractivity contribution in [2.45, 2.75) is 44.4 Å². The maximum absolute atomic E-state index is 12.7. The molecule has 3 heterocycles. The van der Waals surface area contributed by atoms with Crippen molar-refractivity contribution < 1.29 is 4.79 Å². The predicted octanol–water partition coefficient (Wildman–Crippen LogP) is 3.02. The van der Waals surface area contributed by atoms with Crippen molar-refractivity contribution in [3.8, 4) is 0 Å². The van der Waals surface area contributed by atoms with Crippen molar-refractivity contribution in [1.82, 2.24) is 14.8 Å². The molecule has 1 aromatic carbocycles. The van der Waals surface area contributed by atoms with E-state index in [4.69, 9.17) is 0 Å². The molecule has 4 rings (SSSR count). The molecule has 0 unspecified atom stereocenters. The second-order valence-corrected chi connectivity index (χ2v) is 6.81. The summed E-state index contributed by atoms with van der Waals surface area (Å²) in [7, 11) is 0. The number of hydrogen-bond donors (Lipinski definition) is 0. The predicted molar refractivity (Wildman–Crippen MR) is 93.2 cm³/mol. The standard InChI is InChI=1S/C20H23N3O/c1-15(16-7-3-2-4-8-16)23-18-10-12-22(19(18)13-20(23)24)14-17-9-5-6-11-21-17/h2-9,11,15,18-19H,10,12-14H2,1H3/t15-,18+,19+/m1/s1. The summed E-state index contributed by atoms with van der Waals surface area (Å²) in [6, 6.07) is 17.2. The van der Waals surface area contributed by atoms with Gasteiger partial charge in [-0.2, -0.15) is 0 Å². The van der Waals surface area contributed by atoms with Crippen LogP contribution < -0.4 is 0 Å². The number of hydrogen-bond acceptors (Lipinski definition) is 3. The van der Waals surface area contributed by atoms with Crippen LogP contribution in [-0.4, -0.2) is 39.3 Å². The molecular weight excluding hydrogens is 298 g/mol. The van der Waals surface area contributed by atoms with Gasteiger partial charge in [-0.15, -0.1) is 0 Å². The van der Waals surface area contributed by atoms with Crippen LogP contribution in [0.25, 0.3) is 0 Å². The summed E-state index contributed by atoms with van der Waals surface area (Å²) in [5.74, 6) is 0.284. The molecule has 2 saturated heterocycles. The average Bonchev–Trinajstić information content (AvgIpc) is 3.14. The maximum Gasteiger partial charge on any atom is 0.225 e. The van der Waals surface area contributed by atoms with Gasteiger partial charge in [0.05, 0.1) is 11.7 Å². The van der Waals surface area contributed by atoms with E-state index >= 15 is 0 Å². The van der Waals surface area contributed by atoms with E-state index in [1.807, 2.05) is 36.5 Å². The molecule has 2 aromatic rings. The lowest BCUT2D eigenvalue weighted by atomic mass is 10.0. The van der Waals surface area contributed by atoms with Crippen molar-refractivity contribution in [2.75, 3.05) is 6.54 Å². The minimum atomic E-state index is 0.142. The first kappa shape index (κ1) is 15.3. The van der Waals surface area contributed by atoms with E-state index in [-0.39, 0.29) is 11.9 Å². The van der Waals surface area contributed by atoms with Gasteiger partial charge < -0.3 is 4.90 Å². The molecule has 0 aliphatic carbocycles. The molecule has 4 heteroatoms. The molecule has 2 aliphatic rings. The van der Waals surface area contributed by atoms with Gasteiger partial charge in [0.2, 0.25) is 5.91 Å². The highest BCUT2D eigenvalue weighted by Gasteiger charge is 2.48. The van der Waals surface area contributed by atoms with Crippen LogP contribution in [0.3, 0.4) is 0 Å². The maximum atomic E-state index is 12.7. The Labute approximate surface area is 143 Å². The number of nitrogens with zero attached hydrogens (tertiary/aromatic N) is 3. The monoisotopic (exact) mass is 321 g/mol. The van der Waals surface area contributed by atoms with Crippen LogP contribution in [0.15, 0.2) is 54.7 Å². The molecule has 0 saturated carbocycles. The number of pyridine rings is 1. The molecule has 0 N–H and O–H groups in total. The van der Waals surface area contributed by atoms with E-state index in [2.05, 4.69) is 39.9 Å². The first-order valence-electron chi connectivity index (χ1n) is 8.74. The van der Waals surface area contributed by atoms with E-state index < -0.39 is 0 Å². The fourth-order valence-corrected chi connectivity index (χ4v) is 4.25. The van der Waals surface area contributed by atoms with Crippen LogP contribution in [0.2, 0.25) is 0 Å². The molecular formula is C20H23N3O. The smallest absolute Gasteiger partial charge is 0.225 e. The third kappa shape index (κ3) is 2.71. The second kappa shape index (κ2) is 6.36. The molecule has 2 fully saturated rings. The van der Waals surface area contributed by atoms with Gasteiger partial charge in [0.15, 0.2) is 0 Å². The van der Waals surface area contributed by atoms with Crippen LogP contribution in [0.5, 0.6) is 0 Å². The van der Waals surface area contributed by atoms with E-state index in [9.17, 15) is 4.79 Å². The molecule has 3 atom stereocenters. The van der Waals surface area contributed by atoms with Gasteiger partial charge in [-0.1, -0.05) is 36.4 Å². The van der Waals surface area contributed by atoms with E-state index in [1.54, 1.807) is 0 Å². The first-order valence-corrected chi connectivity index (χ1v) is 8.74. The van der Waals surface area contributed by atoms with E-state index in [0.717, 1.165) is 25.2 Å². The number of benzene rings is 1. The van der Waals surface area contributed by atoms with Crippen molar-refractivity contribution in [3.05, 3.63) is 66.0 Å². The summed E-state index contributed by atoms with van der Waals surface area (Å²) in [5, 5.41) is 0. The second-order valence-electron chi connectivity index (χ2n) is 6.81. The molecule has 4 nitrogen and oxygen atoms in total. The van der Waals surface area contributed by atoms with Gasteiger partial charge in [-0.25, -0.2) is 0 Å². The fourth-order valence-electron chi connectivity index (χ4n) is 4.25. The van der Waals surface area contributed by atoms with Gasteiger partial charge in [-0.3, -0.25) is 14.7 Å². The Balaban J connectivity index is 1.51. The highest BCUT2D eigenvalue weighted by Crippen LogP contribution is 2.38. The third-order valence-electron chi connectivity index (χ3n) is 5.44. The van der Waals surface area contributed by atoms with Gasteiger partial charge >= 0.3 is 0 Å². The molecule has 1 aromatic heterocycles. The van der Waals surface area contributed by atoms with Crippen LogP contribution in [-0.2, 0) is 11.3 Å². The molecule has 0 spiro atoms. The van der Waals surface area contributed by atoms with Crippen LogP contribution in [0.4, 0.5) is 0 Å². The number of aromatic nitrogens is 1. The lowest BCUT2D eigenvalue weighted by Gasteiger charge is -2.31. The minimum absolute atomic E-state index is 0.142. The van der Waals surface area contributed by atoms with Crippen molar-refractivity contribution in [3.63, 3.8) is 0 Å². The molecule has 1 amide bonds. The number of carbonyl (C=O) groups is 1. The summed E-state index contributed by atoms with van der Waals surface area (Å²) < 4.78 is 0. The quantitative estimate of drug-likeness (QED) is 0.868. The van der Waals surface area contributed by atoms with Crippen LogP contribution >= 0.6 is 0 Å². The number of rotatable bonds is 4. The van der Waals surface area contributed by atoms with E-state index in [0.29, 0.717) is 18.5 Å². The zero-order valence-corrected chi connectivity index (χ0v) is 14.0. The average molecular weight is 321 g/mol. The fraction of sp³-hybridized carbons (Fsp3) is 0.400. The molecule has 2 aliphatic heterocycles. The summed E-state index contributed by atoms with van der Waals surface area (Å²) >= 11 is 0. The molecule has 24 heavy (non-hydrogen) atoms. The molecule has 0 bridgehead atoms. The zero-order chi connectivity index (χ0) is 16.5. The Morgan fingerprint density at radius 1 is 1.12 bits per heavy atom. The highest BCUT2D eigenvalue weighted by molar-refractivity contribution is 5.80. The Bertz CT molecular complexity index is 703. The minimum Gasteiger partial charge on any atom is -0.331 e. The zero-order valence-electron chi connectivity index (χ0n) is 14.0. The van der Waals surface area contributed by atoms with Crippen LogP contribution in [0, 0.1) is 0 Å². The van der Waals surface area contributed by atoms with Gasteiger partial charge in [0.1, 0.15) is 0 Å². The number of carbonyl (C=O) groups excluding carboxylic acids is 1.